The second-order valence-corrected chi connectivity index (χ2v) is 7.67. The molecule has 3 heteroatoms. The van der Waals surface area contributed by atoms with Gasteiger partial charge in [-0.2, -0.15) is 0 Å². The van der Waals surface area contributed by atoms with E-state index in [4.69, 9.17) is 4.74 Å². The Bertz CT molecular complexity index is 656. The van der Waals surface area contributed by atoms with Crippen LogP contribution in [-0.4, -0.2) is 18.4 Å². The van der Waals surface area contributed by atoms with Crippen molar-refractivity contribution in [2.24, 2.45) is 5.92 Å². The average Bonchev–Trinajstić information content (AvgIpc) is 2.49. The smallest absolute Gasteiger partial charge is 0.316 e. The third kappa shape index (κ3) is 3.55. The van der Waals surface area contributed by atoms with Gasteiger partial charge < -0.3 is 4.74 Å². The number of carbonyl (C=O) groups is 2. The van der Waals surface area contributed by atoms with Crippen LogP contribution in [0.25, 0.3) is 0 Å². The second-order valence-electron chi connectivity index (χ2n) is 7.67. The summed E-state index contributed by atoms with van der Waals surface area (Å²) in [7, 11) is 0. The van der Waals surface area contributed by atoms with E-state index in [-0.39, 0.29) is 11.2 Å². The van der Waals surface area contributed by atoms with Crippen LogP contribution in [0.3, 0.4) is 0 Å². The van der Waals surface area contributed by atoms with Crippen molar-refractivity contribution < 1.29 is 14.3 Å². The topological polar surface area (TPSA) is 43.4 Å². The lowest BCUT2D eigenvalue weighted by Gasteiger charge is -2.35. The average molecular weight is 330 g/mol. The molecule has 0 bridgehead atoms. The molecule has 1 aromatic rings. The van der Waals surface area contributed by atoms with E-state index in [9.17, 15) is 9.59 Å². The molecule has 1 aliphatic carbocycles. The van der Waals surface area contributed by atoms with Crippen molar-refractivity contribution >= 4 is 11.8 Å². The molecule has 1 aliphatic rings. The summed E-state index contributed by atoms with van der Waals surface area (Å²) < 4.78 is 5.10. The summed E-state index contributed by atoms with van der Waals surface area (Å²) in [5.74, 6) is -1.23. The maximum Gasteiger partial charge on any atom is 0.316 e. The second kappa shape index (κ2) is 7.08. The minimum Gasteiger partial charge on any atom is -0.465 e. The first kappa shape index (κ1) is 18.7. The van der Waals surface area contributed by atoms with Gasteiger partial charge in [-0.15, -0.1) is 0 Å². The highest BCUT2D eigenvalue weighted by Gasteiger charge is 2.31. The molecule has 0 fully saturated rings. The number of hydrogen-bond donors (Lipinski definition) is 0. The molecule has 24 heavy (non-hydrogen) atoms. The predicted octanol–water partition coefficient (Wildman–Crippen LogP) is 4.23. The maximum absolute atomic E-state index is 12.2. The number of Topliss-reactive ketones (excluding diaryl/α,β-unsaturated/α-hetero) is 1. The van der Waals surface area contributed by atoms with Crippen molar-refractivity contribution in [3.63, 3.8) is 0 Å². The summed E-state index contributed by atoms with van der Waals surface area (Å²) in [6.45, 7) is 12.4. The van der Waals surface area contributed by atoms with Gasteiger partial charge >= 0.3 is 5.97 Å². The van der Waals surface area contributed by atoms with Crippen LogP contribution in [0.2, 0.25) is 0 Å². The van der Waals surface area contributed by atoms with E-state index in [1.807, 2.05) is 0 Å². The van der Waals surface area contributed by atoms with Gasteiger partial charge in [0.15, 0.2) is 0 Å². The Balaban J connectivity index is 2.45. The van der Waals surface area contributed by atoms with Gasteiger partial charge in [-0.25, -0.2) is 0 Å². The van der Waals surface area contributed by atoms with Crippen LogP contribution < -0.4 is 0 Å². The van der Waals surface area contributed by atoms with E-state index in [0.717, 1.165) is 12.0 Å². The van der Waals surface area contributed by atoms with Crippen LogP contribution in [0.1, 0.15) is 68.4 Å². The van der Waals surface area contributed by atoms with E-state index in [1.54, 1.807) is 6.92 Å². The molecule has 2 rings (SSSR count). The minimum absolute atomic E-state index is 0.123. The first-order valence-corrected chi connectivity index (χ1v) is 8.98. The van der Waals surface area contributed by atoms with Crippen LogP contribution in [0, 0.1) is 19.8 Å². The van der Waals surface area contributed by atoms with Crippen molar-refractivity contribution in [2.75, 3.05) is 6.61 Å². The number of benzene rings is 1. The zero-order valence-corrected chi connectivity index (χ0v) is 15.9. The lowest BCUT2D eigenvalue weighted by Crippen LogP contribution is -2.28. The Hall–Kier alpha value is -1.64. The molecule has 0 spiro atoms. The van der Waals surface area contributed by atoms with Crippen molar-refractivity contribution in [2.45, 2.75) is 72.6 Å². The number of ketones is 1. The molecule has 1 atom stereocenters. The number of ether oxygens (including phenoxy) is 1. The molecule has 0 N–H and O–H groups in total. The molecule has 3 nitrogen and oxygen atoms in total. The molecule has 1 aromatic carbocycles. The van der Waals surface area contributed by atoms with Crippen LogP contribution in [0.15, 0.2) is 6.07 Å². The van der Waals surface area contributed by atoms with Crippen LogP contribution in [-0.2, 0) is 32.6 Å². The molecule has 0 aliphatic heterocycles. The number of fused-ring (bicyclic) bond motifs is 1. The van der Waals surface area contributed by atoms with Crippen LogP contribution >= 0.6 is 0 Å². The highest BCUT2D eigenvalue weighted by atomic mass is 16.5. The number of rotatable bonds is 5. The SMILES string of the molecule is CCOC(=O)C(Cc1cc2c(c(C)c1C)CCCC2(C)C)C(C)=O. The molecule has 0 saturated heterocycles. The molecule has 1 unspecified atom stereocenters. The Morgan fingerprint density at radius 2 is 1.92 bits per heavy atom. The molecule has 0 aromatic heterocycles. The van der Waals surface area contributed by atoms with Crippen molar-refractivity contribution in [1.82, 2.24) is 0 Å². The zero-order valence-electron chi connectivity index (χ0n) is 15.9. The summed E-state index contributed by atoms with van der Waals surface area (Å²) >= 11 is 0. The third-order valence-electron chi connectivity index (χ3n) is 5.58. The van der Waals surface area contributed by atoms with Crippen molar-refractivity contribution in [3.05, 3.63) is 33.9 Å². The van der Waals surface area contributed by atoms with Gasteiger partial charge in [-0.05, 0) is 86.6 Å². The standard InChI is InChI=1S/C21H30O3/c1-7-24-20(23)18(15(4)22)11-16-12-19-17(14(3)13(16)2)9-8-10-21(19,5)6/h12,18H,7-11H2,1-6H3. The fourth-order valence-electron chi connectivity index (χ4n) is 3.87. The zero-order chi connectivity index (χ0) is 18.1. The van der Waals surface area contributed by atoms with Gasteiger partial charge in [0.1, 0.15) is 11.7 Å². The molecule has 0 saturated carbocycles. The third-order valence-corrected chi connectivity index (χ3v) is 5.58. The first-order chi connectivity index (χ1) is 11.2. The van der Waals surface area contributed by atoms with Crippen molar-refractivity contribution in [1.29, 1.82) is 0 Å². The Morgan fingerprint density at radius 1 is 1.25 bits per heavy atom. The van der Waals surface area contributed by atoms with E-state index in [1.165, 1.54) is 42.0 Å². The van der Waals surface area contributed by atoms with Gasteiger partial charge in [-0.1, -0.05) is 19.9 Å². The van der Waals surface area contributed by atoms with Gasteiger partial charge in [0.25, 0.3) is 0 Å². The fraction of sp³-hybridized carbons (Fsp3) is 0.619. The normalized spacial score (nSPS) is 17.1. The van der Waals surface area contributed by atoms with Gasteiger partial charge in [-0.3, -0.25) is 9.59 Å². The number of carbonyl (C=O) groups excluding carboxylic acids is 2. The fourth-order valence-corrected chi connectivity index (χ4v) is 3.87. The van der Waals surface area contributed by atoms with Crippen LogP contribution in [0.5, 0.6) is 0 Å². The van der Waals surface area contributed by atoms with E-state index < -0.39 is 11.9 Å². The summed E-state index contributed by atoms with van der Waals surface area (Å²) in [6, 6.07) is 2.24. The number of hydrogen-bond acceptors (Lipinski definition) is 3. The van der Waals surface area contributed by atoms with Crippen LogP contribution in [0.4, 0.5) is 0 Å². The van der Waals surface area contributed by atoms with E-state index >= 15 is 0 Å². The quantitative estimate of drug-likeness (QED) is 0.599. The van der Waals surface area contributed by atoms with Gasteiger partial charge in [0.2, 0.25) is 0 Å². The lowest BCUT2D eigenvalue weighted by atomic mass is 9.70. The maximum atomic E-state index is 12.2. The summed E-state index contributed by atoms with van der Waals surface area (Å²) in [4.78, 5) is 24.1. The van der Waals surface area contributed by atoms with Gasteiger partial charge in [0, 0.05) is 0 Å². The monoisotopic (exact) mass is 330 g/mol. The number of esters is 1. The summed E-state index contributed by atoms with van der Waals surface area (Å²) in [5.41, 5.74) is 6.63. The molecular weight excluding hydrogens is 300 g/mol. The molecular formula is C21H30O3. The summed E-state index contributed by atoms with van der Waals surface area (Å²) in [5, 5.41) is 0. The Kier molecular flexibility index (Phi) is 5.52. The minimum atomic E-state index is -0.701. The highest BCUT2D eigenvalue weighted by Crippen LogP contribution is 2.40. The highest BCUT2D eigenvalue weighted by molar-refractivity contribution is 5.98. The van der Waals surface area contributed by atoms with Gasteiger partial charge in [0.05, 0.1) is 6.61 Å². The van der Waals surface area contributed by atoms with E-state index in [0.29, 0.717) is 13.0 Å². The van der Waals surface area contributed by atoms with E-state index in [2.05, 4.69) is 33.8 Å². The van der Waals surface area contributed by atoms with Crippen molar-refractivity contribution in [3.8, 4) is 0 Å². The Morgan fingerprint density at radius 3 is 2.50 bits per heavy atom. The first-order valence-electron chi connectivity index (χ1n) is 8.98. The molecule has 132 valence electrons. The summed E-state index contributed by atoms with van der Waals surface area (Å²) in [6.07, 6.45) is 3.96. The predicted molar refractivity (Wildman–Crippen MR) is 96.4 cm³/mol. The molecule has 0 amide bonds. The lowest BCUT2D eigenvalue weighted by molar-refractivity contribution is -0.151. The largest absolute Gasteiger partial charge is 0.465 e. The Labute approximate surface area is 145 Å². The molecule has 0 radical (unpaired) electrons. The molecule has 0 heterocycles.